The molecular weight excluding hydrogens is 508 g/mol. The van der Waals surface area contributed by atoms with E-state index in [-0.39, 0.29) is 6.04 Å². The van der Waals surface area contributed by atoms with Crippen molar-refractivity contribution in [3.8, 4) is 11.4 Å². The van der Waals surface area contributed by atoms with Gasteiger partial charge in [-0.2, -0.15) is 9.47 Å². The maximum atomic E-state index is 10.9. The number of fused-ring (bicyclic) bond motifs is 1. The van der Waals surface area contributed by atoms with Crippen LogP contribution in [0.5, 0.6) is 0 Å². The second-order valence-corrected chi connectivity index (χ2v) is 10.4. The zero-order valence-electron chi connectivity index (χ0n) is 16.2. The number of aryl methyl sites for hydroxylation is 1. The van der Waals surface area contributed by atoms with Crippen LogP contribution in [0, 0.1) is 6.92 Å². The number of halogens is 1. The van der Waals surface area contributed by atoms with Gasteiger partial charge in [-0.25, -0.2) is 9.44 Å². The van der Waals surface area contributed by atoms with E-state index in [9.17, 15) is 5.11 Å². The van der Waals surface area contributed by atoms with Crippen molar-refractivity contribution in [1.82, 2.24) is 18.9 Å². The Morgan fingerprint density at radius 3 is 2.86 bits per heavy atom. The van der Waals surface area contributed by atoms with Gasteiger partial charge in [-0.3, -0.25) is 0 Å². The van der Waals surface area contributed by atoms with Crippen LogP contribution in [-0.4, -0.2) is 49.8 Å². The number of morpholine rings is 1. The molecule has 0 radical (unpaired) electrons. The molecule has 150 valence electrons. The molecule has 1 aliphatic rings. The quantitative estimate of drug-likeness (QED) is 0.404. The highest BCUT2D eigenvalue weighted by Crippen LogP contribution is 2.40. The normalized spacial score (nSPS) is 18.6. The third-order valence-electron chi connectivity index (χ3n) is 4.89. The van der Waals surface area contributed by atoms with Gasteiger partial charge < -0.3 is 14.7 Å². The third-order valence-corrected chi connectivity index (χ3v) is 7.63. The lowest BCUT2D eigenvalue weighted by Crippen LogP contribution is -2.44. The highest BCUT2D eigenvalue weighted by Gasteiger charge is 2.28. The molecule has 10 heteroatoms. The summed E-state index contributed by atoms with van der Waals surface area (Å²) in [5.74, 6) is 0.863. The molecule has 1 aliphatic heterocycles. The molecule has 0 bridgehead atoms. The van der Waals surface area contributed by atoms with Crippen LogP contribution in [-0.2, 0) is 10.3 Å². The molecular formula is C18H23IN5O2PS. The Morgan fingerprint density at radius 1 is 1.39 bits per heavy atom. The zero-order chi connectivity index (χ0) is 20.1. The molecule has 2 atom stereocenters. The second kappa shape index (κ2) is 7.75. The van der Waals surface area contributed by atoms with E-state index in [4.69, 9.17) is 14.1 Å². The van der Waals surface area contributed by atoms with E-state index in [1.807, 2.05) is 31.3 Å². The molecule has 0 spiro atoms. The molecule has 1 unspecified atom stereocenters. The number of ether oxygens (including phenoxy) is 1. The van der Waals surface area contributed by atoms with Crippen LogP contribution in [0.1, 0.15) is 32.0 Å². The summed E-state index contributed by atoms with van der Waals surface area (Å²) in [5.41, 5.74) is 3.46. The highest BCUT2D eigenvalue weighted by atomic mass is 127. The van der Waals surface area contributed by atoms with E-state index in [0.29, 0.717) is 19.6 Å². The number of nitrogens with zero attached hydrogens (tertiary/aromatic N) is 5. The van der Waals surface area contributed by atoms with Crippen molar-refractivity contribution in [2.24, 2.45) is 0 Å². The number of anilines is 1. The maximum Gasteiger partial charge on any atom is 0.130 e. The fraction of sp³-hybridized carbons (Fsp3) is 0.500. The zero-order valence-corrected chi connectivity index (χ0v) is 20.2. The van der Waals surface area contributed by atoms with Gasteiger partial charge in [-0.15, -0.1) is 0 Å². The Kier molecular flexibility index (Phi) is 5.65. The van der Waals surface area contributed by atoms with Crippen LogP contribution in [0.25, 0.3) is 21.6 Å². The first kappa shape index (κ1) is 20.4. The van der Waals surface area contributed by atoms with Crippen molar-refractivity contribution < 1.29 is 9.84 Å². The van der Waals surface area contributed by atoms with Crippen molar-refractivity contribution in [3.63, 3.8) is 0 Å². The summed E-state index contributed by atoms with van der Waals surface area (Å²) in [4.78, 5) is 7.26. The number of hydrogen-bond donors (Lipinski definition) is 1. The van der Waals surface area contributed by atoms with Gasteiger partial charge in [-0.05, 0) is 73.4 Å². The first-order valence-electron chi connectivity index (χ1n) is 9.11. The molecule has 0 aromatic carbocycles. The standard InChI is InChI=1S/C18H23IN5O2PS/c1-10-7-13(24(21-10)27-19)15-16-17(28-22-15)12(18(3,4)25)8-14(20-16)23-5-6-26-9-11(23)2/h7-8,11,25,27H,5-6,9H2,1-4H3/t11-/m1/s1. The fourth-order valence-corrected chi connectivity index (χ4v) is 6.04. The van der Waals surface area contributed by atoms with E-state index < -0.39 is 5.60 Å². The van der Waals surface area contributed by atoms with Crippen molar-refractivity contribution in [1.29, 1.82) is 0 Å². The molecule has 0 aliphatic carbocycles. The van der Waals surface area contributed by atoms with E-state index in [0.717, 1.165) is 45.2 Å². The minimum atomic E-state index is -0.990. The minimum Gasteiger partial charge on any atom is -0.386 e. The average molecular weight is 531 g/mol. The molecule has 1 fully saturated rings. The molecule has 0 amide bonds. The van der Waals surface area contributed by atoms with Crippen molar-refractivity contribution in [2.75, 3.05) is 24.7 Å². The highest BCUT2D eigenvalue weighted by molar-refractivity contribution is 14.2. The molecule has 4 heterocycles. The van der Waals surface area contributed by atoms with Crippen LogP contribution in [0.2, 0.25) is 0 Å². The van der Waals surface area contributed by atoms with Gasteiger partial charge in [0.25, 0.3) is 0 Å². The van der Waals surface area contributed by atoms with Crippen LogP contribution < -0.4 is 4.90 Å². The lowest BCUT2D eigenvalue weighted by molar-refractivity contribution is 0.0801. The maximum absolute atomic E-state index is 10.9. The van der Waals surface area contributed by atoms with Gasteiger partial charge in [0.05, 0.1) is 47.3 Å². The summed E-state index contributed by atoms with van der Waals surface area (Å²) >= 11 is 3.72. The number of aliphatic hydroxyl groups is 1. The van der Waals surface area contributed by atoms with E-state index >= 15 is 0 Å². The Labute approximate surface area is 183 Å². The molecule has 3 aromatic heterocycles. The number of pyridine rings is 1. The molecule has 1 N–H and O–H groups in total. The molecule has 28 heavy (non-hydrogen) atoms. The molecule has 3 aromatic rings. The first-order chi connectivity index (χ1) is 13.3. The molecule has 7 nitrogen and oxygen atoms in total. The van der Waals surface area contributed by atoms with E-state index in [1.165, 1.54) is 11.5 Å². The fourth-order valence-electron chi connectivity index (χ4n) is 3.48. The van der Waals surface area contributed by atoms with Gasteiger partial charge in [-0.1, -0.05) is 0 Å². The molecule has 1 saturated heterocycles. The lowest BCUT2D eigenvalue weighted by Gasteiger charge is -2.35. The van der Waals surface area contributed by atoms with Crippen LogP contribution in [0.3, 0.4) is 0 Å². The largest absolute Gasteiger partial charge is 0.386 e. The van der Waals surface area contributed by atoms with Crippen molar-refractivity contribution in [2.45, 2.75) is 39.3 Å². The van der Waals surface area contributed by atoms with Gasteiger partial charge in [0.1, 0.15) is 17.0 Å². The SMILES string of the molecule is Cc1cc(-c2nsc3c(C(C)(C)O)cc(N4CCOC[C@H]4C)nc23)n(PI)n1. The topological polar surface area (TPSA) is 76.3 Å². The van der Waals surface area contributed by atoms with Crippen LogP contribution in [0.4, 0.5) is 5.82 Å². The van der Waals surface area contributed by atoms with E-state index in [1.54, 1.807) is 0 Å². The van der Waals surface area contributed by atoms with Gasteiger partial charge in [0.2, 0.25) is 0 Å². The summed E-state index contributed by atoms with van der Waals surface area (Å²) in [5, 5.41) is 15.4. The summed E-state index contributed by atoms with van der Waals surface area (Å²) in [6.45, 7) is 9.89. The number of rotatable bonds is 4. The minimum absolute atomic E-state index is 0.229. The number of aromatic nitrogens is 4. The average Bonchev–Trinajstić information content (AvgIpc) is 3.23. The number of hydrogen-bond acceptors (Lipinski definition) is 7. The Morgan fingerprint density at radius 2 is 2.18 bits per heavy atom. The summed E-state index contributed by atoms with van der Waals surface area (Å²) in [6, 6.07) is 4.29. The van der Waals surface area contributed by atoms with Gasteiger partial charge >= 0.3 is 0 Å². The Hall–Kier alpha value is -0.870. The predicted molar refractivity (Wildman–Crippen MR) is 124 cm³/mol. The van der Waals surface area contributed by atoms with Crippen LogP contribution in [0.15, 0.2) is 12.1 Å². The Balaban J connectivity index is 1.95. The molecule has 4 rings (SSSR count). The summed E-state index contributed by atoms with van der Waals surface area (Å²) in [6.07, 6.45) is 0.479. The lowest BCUT2D eigenvalue weighted by atomic mass is 9.98. The van der Waals surface area contributed by atoms with Gasteiger partial charge in [0, 0.05) is 12.1 Å². The van der Waals surface area contributed by atoms with Gasteiger partial charge in [0.15, 0.2) is 0 Å². The summed E-state index contributed by atoms with van der Waals surface area (Å²) < 4.78 is 13.2. The smallest absolute Gasteiger partial charge is 0.130 e. The third kappa shape index (κ3) is 3.67. The first-order valence-corrected chi connectivity index (χ1v) is 13.9. The summed E-state index contributed by atoms with van der Waals surface area (Å²) in [7, 11) is 0. The van der Waals surface area contributed by atoms with Crippen LogP contribution >= 0.6 is 39.9 Å². The van der Waals surface area contributed by atoms with Crippen molar-refractivity contribution >= 4 is 56.0 Å². The second-order valence-electron chi connectivity index (χ2n) is 7.58. The Bertz CT molecular complexity index is 1020. The monoisotopic (exact) mass is 531 g/mol. The van der Waals surface area contributed by atoms with Crippen molar-refractivity contribution in [3.05, 3.63) is 23.4 Å². The van der Waals surface area contributed by atoms with E-state index in [2.05, 4.69) is 45.0 Å². The predicted octanol–water partition coefficient (Wildman–Crippen LogP) is 4.11. The molecule has 0 saturated carbocycles.